The summed E-state index contributed by atoms with van der Waals surface area (Å²) in [6.45, 7) is -2.27. The van der Waals surface area contributed by atoms with Gasteiger partial charge in [-0.05, 0) is 24.3 Å². The molecule has 6 nitrogen and oxygen atoms in total. The molecule has 8 heteroatoms. The molecule has 0 atom stereocenters. The molecule has 0 bridgehead atoms. The molecule has 2 aromatic rings. The van der Waals surface area contributed by atoms with Gasteiger partial charge in [-0.3, -0.25) is 4.79 Å². The van der Waals surface area contributed by atoms with E-state index in [1.54, 1.807) is 36.5 Å². The molecular weight excluding hydrogens is 342 g/mol. The maximum absolute atomic E-state index is 12.3. The van der Waals surface area contributed by atoms with E-state index in [-0.39, 0.29) is 11.7 Å². The van der Waals surface area contributed by atoms with Gasteiger partial charge >= 0.3 is 6.61 Å². The summed E-state index contributed by atoms with van der Waals surface area (Å²) >= 11 is 0. The van der Waals surface area contributed by atoms with Crippen LogP contribution >= 0.6 is 0 Å². The van der Waals surface area contributed by atoms with Crippen molar-refractivity contribution in [1.29, 1.82) is 5.26 Å². The Morgan fingerprint density at radius 2 is 2.08 bits per heavy atom. The van der Waals surface area contributed by atoms with Crippen LogP contribution in [0, 0.1) is 11.3 Å². The first-order valence-corrected chi connectivity index (χ1v) is 7.69. The molecule has 0 saturated heterocycles. The maximum Gasteiger partial charge on any atom is 0.387 e. The smallest absolute Gasteiger partial charge is 0.387 e. The van der Waals surface area contributed by atoms with Gasteiger partial charge in [0.25, 0.3) is 0 Å². The molecule has 0 radical (unpaired) electrons. The Labute approximate surface area is 149 Å². The van der Waals surface area contributed by atoms with Crippen molar-refractivity contribution in [1.82, 2.24) is 10.3 Å². The summed E-state index contributed by atoms with van der Waals surface area (Å²) in [5.74, 6) is 0.0467. The fraction of sp³-hybridized carbons (Fsp3) is 0.167. The number of benzene rings is 1. The van der Waals surface area contributed by atoms with Crippen LogP contribution in [-0.4, -0.2) is 30.6 Å². The van der Waals surface area contributed by atoms with Crippen molar-refractivity contribution in [2.45, 2.75) is 6.61 Å². The third-order valence-electron chi connectivity index (χ3n) is 3.19. The number of aromatic nitrogens is 1. The van der Waals surface area contributed by atoms with Crippen LogP contribution < -0.4 is 15.4 Å². The average Bonchev–Trinajstić information content (AvgIpc) is 2.64. The lowest BCUT2D eigenvalue weighted by Gasteiger charge is -2.08. The predicted octanol–water partition coefficient (Wildman–Crippen LogP) is 2.80. The van der Waals surface area contributed by atoms with E-state index in [2.05, 4.69) is 20.4 Å². The average molecular weight is 358 g/mol. The van der Waals surface area contributed by atoms with E-state index < -0.39 is 6.61 Å². The lowest BCUT2D eigenvalue weighted by molar-refractivity contribution is -0.116. The quantitative estimate of drug-likeness (QED) is 0.560. The molecule has 1 amide bonds. The van der Waals surface area contributed by atoms with Crippen molar-refractivity contribution in [3.05, 3.63) is 59.8 Å². The third kappa shape index (κ3) is 5.87. The number of nitrogens with zero attached hydrogens (tertiary/aromatic N) is 2. The summed E-state index contributed by atoms with van der Waals surface area (Å²) in [6.07, 6.45) is 4.19. The third-order valence-corrected chi connectivity index (χ3v) is 3.19. The lowest BCUT2D eigenvalue weighted by atomic mass is 10.2. The summed E-state index contributed by atoms with van der Waals surface area (Å²) in [6, 6.07) is 11.5. The van der Waals surface area contributed by atoms with Crippen LogP contribution in [0.25, 0.3) is 6.08 Å². The first-order chi connectivity index (χ1) is 12.6. The van der Waals surface area contributed by atoms with Crippen LogP contribution in [0.2, 0.25) is 0 Å². The fourth-order valence-electron chi connectivity index (χ4n) is 2.05. The normalized spacial score (nSPS) is 10.5. The zero-order chi connectivity index (χ0) is 18.8. The largest absolute Gasteiger partial charge is 0.434 e. The summed E-state index contributed by atoms with van der Waals surface area (Å²) < 4.78 is 29.1. The molecule has 0 unspecified atom stereocenters. The van der Waals surface area contributed by atoms with Crippen LogP contribution in [0.5, 0.6) is 5.75 Å². The number of carbonyl (C=O) groups is 1. The Bertz CT molecular complexity index is 819. The molecule has 0 spiro atoms. The Hall–Kier alpha value is -3.47. The van der Waals surface area contributed by atoms with E-state index in [9.17, 15) is 13.6 Å². The Balaban J connectivity index is 1.82. The van der Waals surface area contributed by atoms with Crippen molar-refractivity contribution >= 4 is 17.8 Å². The number of nitrogens with one attached hydrogen (secondary N) is 2. The maximum atomic E-state index is 12.3. The Kier molecular flexibility index (Phi) is 7.06. The first kappa shape index (κ1) is 18.9. The standard InChI is InChI=1S/C18H16F2N4O2/c19-18(20)26-15-6-2-1-4-13(15)7-8-16(25)22-10-11-24-17-14(12-21)5-3-9-23-17/h1-9,18H,10-11H2,(H,22,25)(H,23,24)/b8-7+. The number of amides is 1. The second-order valence-electron chi connectivity index (χ2n) is 4.98. The number of rotatable bonds is 8. The molecular formula is C18H16F2N4O2. The Morgan fingerprint density at radius 1 is 1.27 bits per heavy atom. The number of para-hydroxylation sites is 1. The number of nitriles is 1. The topological polar surface area (TPSA) is 87.0 Å². The lowest BCUT2D eigenvalue weighted by Crippen LogP contribution is -2.27. The van der Waals surface area contributed by atoms with E-state index in [0.29, 0.717) is 30.0 Å². The van der Waals surface area contributed by atoms with E-state index in [1.807, 2.05) is 6.07 Å². The number of alkyl halides is 2. The van der Waals surface area contributed by atoms with Crippen LogP contribution in [0.15, 0.2) is 48.7 Å². The summed E-state index contributed by atoms with van der Waals surface area (Å²) in [4.78, 5) is 15.8. The van der Waals surface area contributed by atoms with E-state index in [0.717, 1.165) is 0 Å². The van der Waals surface area contributed by atoms with Crippen LogP contribution in [0.3, 0.4) is 0 Å². The highest BCUT2D eigenvalue weighted by atomic mass is 19.3. The molecule has 2 rings (SSSR count). The van der Waals surface area contributed by atoms with Crippen LogP contribution in [0.4, 0.5) is 14.6 Å². The van der Waals surface area contributed by atoms with Crippen molar-refractivity contribution < 1.29 is 18.3 Å². The van der Waals surface area contributed by atoms with E-state index >= 15 is 0 Å². The molecule has 0 fully saturated rings. The highest BCUT2D eigenvalue weighted by molar-refractivity contribution is 5.92. The Morgan fingerprint density at radius 3 is 2.85 bits per heavy atom. The minimum absolute atomic E-state index is 0.00704. The molecule has 1 heterocycles. The van der Waals surface area contributed by atoms with E-state index in [1.165, 1.54) is 18.2 Å². The zero-order valence-corrected chi connectivity index (χ0v) is 13.7. The molecule has 0 aliphatic rings. The minimum Gasteiger partial charge on any atom is -0.434 e. The summed E-state index contributed by atoms with van der Waals surface area (Å²) in [5.41, 5.74) is 0.780. The van der Waals surface area contributed by atoms with Crippen LogP contribution in [-0.2, 0) is 4.79 Å². The van der Waals surface area contributed by atoms with Gasteiger partial charge in [0, 0.05) is 30.9 Å². The predicted molar refractivity (Wildman–Crippen MR) is 92.6 cm³/mol. The van der Waals surface area contributed by atoms with Gasteiger partial charge in [0.2, 0.25) is 5.91 Å². The van der Waals surface area contributed by atoms with Crippen LogP contribution in [0.1, 0.15) is 11.1 Å². The highest BCUT2D eigenvalue weighted by Gasteiger charge is 2.07. The number of hydrogen-bond donors (Lipinski definition) is 2. The molecule has 1 aromatic carbocycles. The number of pyridine rings is 1. The van der Waals surface area contributed by atoms with Crippen molar-refractivity contribution in [2.75, 3.05) is 18.4 Å². The van der Waals surface area contributed by atoms with Crippen molar-refractivity contribution in [3.8, 4) is 11.8 Å². The molecule has 26 heavy (non-hydrogen) atoms. The summed E-state index contributed by atoms with van der Waals surface area (Å²) in [7, 11) is 0. The summed E-state index contributed by atoms with van der Waals surface area (Å²) in [5, 5.41) is 14.5. The van der Waals surface area contributed by atoms with Gasteiger partial charge in [0.05, 0.1) is 5.56 Å². The number of hydrogen-bond acceptors (Lipinski definition) is 5. The van der Waals surface area contributed by atoms with E-state index in [4.69, 9.17) is 5.26 Å². The van der Waals surface area contributed by atoms with Gasteiger partial charge in [-0.15, -0.1) is 0 Å². The van der Waals surface area contributed by atoms with Gasteiger partial charge in [-0.1, -0.05) is 18.2 Å². The fourth-order valence-corrected chi connectivity index (χ4v) is 2.05. The zero-order valence-electron chi connectivity index (χ0n) is 13.7. The monoisotopic (exact) mass is 358 g/mol. The second kappa shape index (κ2) is 9.74. The number of carbonyl (C=O) groups excluding carboxylic acids is 1. The molecule has 134 valence electrons. The van der Waals surface area contributed by atoms with Gasteiger partial charge in [0.1, 0.15) is 17.6 Å². The highest BCUT2D eigenvalue weighted by Crippen LogP contribution is 2.21. The molecule has 0 aliphatic carbocycles. The molecule has 0 saturated carbocycles. The molecule has 2 N–H and O–H groups in total. The molecule has 1 aromatic heterocycles. The second-order valence-corrected chi connectivity index (χ2v) is 4.98. The SMILES string of the molecule is N#Cc1cccnc1NCCNC(=O)/C=C/c1ccccc1OC(F)F. The molecule has 0 aliphatic heterocycles. The minimum atomic E-state index is -2.94. The van der Waals surface area contributed by atoms with Crippen molar-refractivity contribution in [2.24, 2.45) is 0 Å². The number of ether oxygens (including phenoxy) is 1. The van der Waals surface area contributed by atoms with Gasteiger partial charge in [0.15, 0.2) is 0 Å². The van der Waals surface area contributed by atoms with Gasteiger partial charge in [-0.25, -0.2) is 4.98 Å². The van der Waals surface area contributed by atoms with Gasteiger partial charge < -0.3 is 15.4 Å². The first-order valence-electron chi connectivity index (χ1n) is 7.69. The number of anilines is 1. The van der Waals surface area contributed by atoms with Gasteiger partial charge in [-0.2, -0.15) is 14.0 Å². The number of halogens is 2. The van der Waals surface area contributed by atoms with Crippen molar-refractivity contribution in [3.63, 3.8) is 0 Å².